The van der Waals surface area contributed by atoms with Gasteiger partial charge in [0.1, 0.15) is 11.5 Å². The van der Waals surface area contributed by atoms with E-state index in [9.17, 15) is 0 Å². The Balaban J connectivity index is 1.76. The third kappa shape index (κ3) is 4.18. The average Bonchev–Trinajstić information content (AvgIpc) is 2.72. The lowest BCUT2D eigenvalue weighted by Gasteiger charge is -2.16. The van der Waals surface area contributed by atoms with Crippen LogP contribution < -0.4 is 14.8 Å². The summed E-state index contributed by atoms with van der Waals surface area (Å²) in [5.41, 5.74) is 4.08. The second-order valence-electron chi connectivity index (χ2n) is 6.00. The number of nitrogens with one attached hydrogen (secondary N) is 1. The largest absolute Gasteiger partial charge is 0.497 e. The zero-order valence-corrected chi connectivity index (χ0v) is 15.3. The molecule has 1 aromatic heterocycles. The van der Waals surface area contributed by atoms with E-state index in [0.29, 0.717) is 0 Å². The van der Waals surface area contributed by atoms with Crippen LogP contribution in [0.4, 0.5) is 0 Å². The number of benzene rings is 2. The summed E-state index contributed by atoms with van der Waals surface area (Å²) in [5, 5.41) is 3.55. The van der Waals surface area contributed by atoms with Gasteiger partial charge in [-0.25, -0.2) is 0 Å². The molecule has 3 aromatic rings. The van der Waals surface area contributed by atoms with Crippen LogP contribution in [-0.2, 0) is 6.54 Å². The van der Waals surface area contributed by atoms with E-state index in [2.05, 4.69) is 46.5 Å². The van der Waals surface area contributed by atoms with Crippen molar-refractivity contribution in [3.8, 4) is 22.8 Å². The SMILES string of the molecule is COc1cccc([C@@H](C)NCc2ccc(OC)c(-c3cnccn3)c2)c1. The number of methoxy groups -OCH3 is 2. The lowest BCUT2D eigenvalue weighted by Crippen LogP contribution is -2.18. The molecule has 0 bridgehead atoms. The van der Waals surface area contributed by atoms with E-state index in [1.807, 2.05) is 18.2 Å². The molecular formula is C21H23N3O2. The number of ether oxygens (including phenoxy) is 2. The second-order valence-corrected chi connectivity index (χ2v) is 6.00. The van der Waals surface area contributed by atoms with Crippen LogP contribution >= 0.6 is 0 Å². The molecule has 0 aliphatic rings. The molecule has 26 heavy (non-hydrogen) atoms. The van der Waals surface area contributed by atoms with Gasteiger partial charge in [-0.15, -0.1) is 0 Å². The molecule has 0 fully saturated rings. The van der Waals surface area contributed by atoms with Gasteiger partial charge in [-0.1, -0.05) is 18.2 Å². The van der Waals surface area contributed by atoms with Crippen LogP contribution in [-0.4, -0.2) is 24.2 Å². The molecule has 3 rings (SSSR count). The van der Waals surface area contributed by atoms with E-state index in [-0.39, 0.29) is 6.04 Å². The van der Waals surface area contributed by atoms with Crippen molar-refractivity contribution in [2.75, 3.05) is 14.2 Å². The zero-order chi connectivity index (χ0) is 18.4. The van der Waals surface area contributed by atoms with Gasteiger partial charge in [-0.2, -0.15) is 0 Å². The molecule has 1 atom stereocenters. The third-order valence-corrected chi connectivity index (χ3v) is 4.31. The zero-order valence-electron chi connectivity index (χ0n) is 15.3. The Kier molecular flexibility index (Phi) is 5.81. The molecule has 0 amide bonds. The third-order valence-electron chi connectivity index (χ3n) is 4.31. The Morgan fingerprint density at radius 2 is 1.92 bits per heavy atom. The van der Waals surface area contributed by atoms with Crippen LogP contribution in [0.1, 0.15) is 24.1 Å². The van der Waals surface area contributed by atoms with Crippen LogP contribution in [0.25, 0.3) is 11.3 Å². The van der Waals surface area contributed by atoms with E-state index in [0.717, 1.165) is 34.9 Å². The highest BCUT2D eigenvalue weighted by Gasteiger charge is 2.10. The minimum atomic E-state index is 0.201. The van der Waals surface area contributed by atoms with Gasteiger partial charge in [-0.05, 0) is 42.3 Å². The minimum absolute atomic E-state index is 0.201. The molecule has 0 radical (unpaired) electrons. The summed E-state index contributed by atoms with van der Waals surface area (Å²) < 4.78 is 10.8. The monoisotopic (exact) mass is 349 g/mol. The summed E-state index contributed by atoms with van der Waals surface area (Å²) in [7, 11) is 3.35. The fourth-order valence-electron chi connectivity index (χ4n) is 2.80. The van der Waals surface area contributed by atoms with Crippen molar-refractivity contribution in [1.82, 2.24) is 15.3 Å². The fourth-order valence-corrected chi connectivity index (χ4v) is 2.80. The van der Waals surface area contributed by atoms with E-state index in [1.165, 1.54) is 5.56 Å². The number of aromatic nitrogens is 2. The Morgan fingerprint density at radius 1 is 1.04 bits per heavy atom. The smallest absolute Gasteiger partial charge is 0.128 e. The summed E-state index contributed by atoms with van der Waals surface area (Å²) in [5.74, 6) is 1.65. The summed E-state index contributed by atoms with van der Waals surface area (Å²) >= 11 is 0. The van der Waals surface area contributed by atoms with Gasteiger partial charge >= 0.3 is 0 Å². The Labute approximate surface area is 154 Å². The molecule has 0 aliphatic carbocycles. The average molecular weight is 349 g/mol. The van der Waals surface area contributed by atoms with Crippen molar-refractivity contribution in [3.63, 3.8) is 0 Å². The molecule has 1 heterocycles. The van der Waals surface area contributed by atoms with Crippen LogP contribution in [0, 0.1) is 0 Å². The fraction of sp³-hybridized carbons (Fsp3) is 0.238. The lowest BCUT2D eigenvalue weighted by molar-refractivity contribution is 0.413. The highest BCUT2D eigenvalue weighted by Crippen LogP contribution is 2.29. The summed E-state index contributed by atoms with van der Waals surface area (Å²) in [6.45, 7) is 2.87. The molecule has 0 saturated carbocycles. The minimum Gasteiger partial charge on any atom is -0.497 e. The predicted octanol–water partition coefficient (Wildman–Crippen LogP) is 4.01. The maximum atomic E-state index is 5.47. The molecule has 1 N–H and O–H groups in total. The molecule has 0 aliphatic heterocycles. The van der Waals surface area contributed by atoms with Crippen LogP contribution in [0.15, 0.2) is 61.1 Å². The predicted molar refractivity (Wildman–Crippen MR) is 102 cm³/mol. The molecule has 5 heteroatoms. The summed E-state index contributed by atoms with van der Waals surface area (Å²) in [6.07, 6.45) is 5.09. The van der Waals surface area contributed by atoms with Crippen molar-refractivity contribution >= 4 is 0 Å². The normalized spacial score (nSPS) is 11.8. The molecule has 2 aromatic carbocycles. The van der Waals surface area contributed by atoms with Crippen LogP contribution in [0.3, 0.4) is 0 Å². The van der Waals surface area contributed by atoms with Crippen LogP contribution in [0.5, 0.6) is 11.5 Å². The van der Waals surface area contributed by atoms with Crippen molar-refractivity contribution < 1.29 is 9.47 Å². The molecular weight excluding hydrogens is 326 g/mol. The van der Waals surface area contributed by atoms with Gasteiger partial charge in [0.15, 0.2) is 0 Å². The van der Waals surface area contributed by atoms with Crippen molar-refractivity contribution in [1.29, 1.82) is 0 Å². The Bertz CT molecular complexity index is 853. The topological polar surface area (TPSA) is 56.3 Å². The number of nitrogens with zero attached hydrogens (tertiary/aromatic N) is 2. The standard InChI is InChI=1S/C21H23N3O2/c1-15(17-5-4-6-18(12-17)25-2)24-13-16-7-8-21(26-3)19(11-16)20-14-22-9-10-23-20/h4-12,14-15,24H,13H2,1-3H3/t15-/m1/s1. The van der Waals surface area contributed by atoms with E-state index >= 15 is 0 Å². The number of hydrogen-bond acceptors (Lipinski definition) is 5. The molecule has 5 nitrogen and oxygen atoms in total. The summed E-state index contributed by atoms with van der Waals surface area (Å²) in [4.78, 5) is 8.53. The van der Waals surface area contributed by atoms with E-state index < -0.39 is 0 Å². The van der Waals surface area contributed by atoms with Gasteiger partial charge < -0.3 is 14.8 Å². The first-order valence-electron chi connectivity index (χ1n) is 8.52. The van der Waals surface area contributed by atoms with Gasteiger partial charge in [0.25, 0.3) is 0 Å². The van der Waals surface area contributed by atoms with Gasteiger partial charge in [-0.3, -0.25) is 9.97 Å². The summed E-state index contributed by atoms with van der Waals surface area (Å²) in [6, 6.07) is 14.4. The highest BCUT2D eigenvalue weighted by atomic mass is 16.5. The van der Waals surface area contributed by atoms with Gasteiger partial charge in [0, 0.05) is 30.5 Å². The van der Waals surface area contributed by atoms with Crippen molar-refractivity contribution in [2.24, 2.45) is 0 Å². The first-order valence-corrected chi connectivity index (χ1v) is 8.52. The van der Waals surface area contributed by atoms with E-state index in [4.69, 9.17) is 9.47 Å². The second kappa shape index (κ2) is 8.45. The van der Waals surface area contributed by atoms with Crippen LogP contribution in [0.2, 0.25) is 0 Å². The van der Waals surface area contributed by atoms with E-state index in [1.54, 1.807) is 32.8 Å². The number of hydrogen-bond donors (Lipinski definition) is 1. The van der Waals surface area contributed by atoms with Gasteiger partial charge in [0.2, 0.25) is 0 Å². The molecule has 0 saturated heterocycles. The van der Waals surface area contributed by atoms with Crippen molar-refractivity contribution in [3.05, 3.63) is 72.2 Å². The lowest BCUT2D eigenvalue weighted by atomic mass is 10.1. The Morgan fingerprint density at radius 3 is 2.65 bits per heavy atom. The van der Waals surface area contributed by atoms with Gasteiger partial charge in [0.05, 0.1) is 26.1 Å². The molecule has 0 spiro atoms. The van der Waals surface area contributed by atoms with Crippen molar-refractivity contribution in [2.45, 2.75) is 19.5 Å². The first-order chi connectivity index (χ1) is 12.7. The maximum absolute atomic E-state index is 5.47. The molecule has 134 valence electrons. The Hall–Kier alpha value is -2.92. The highest BCUT2D eigenvalue weighted by molar-refractivity contribution is 5.67. The first kappa shape index (κ1) is 17.9. The molecule has 0 unspecified atom stereocenters. The maximum Gasteiger partial charge on any atom is 0.128 e. The number of rotatable bonds is 7. The quantitative estimate of drug-likeness (QED) is 0.698.